The maximum atomic E-state index is 2.56. The largest absolute Gasteiger partial charge is 0.309 e. The van der Waals surface area contributed by atoms with Gasteiger partial charge in [-0.1, -0.05) is 156 Å². The molecule has 0 atom stereocenters. The van der Waals surface area contributed by atoms with Gasteiger partial charge in [0.15, 0.2) is 0 Å². The zero-order chi connectivity index (χ0) is 35.3. The molecule has 0 bridgehead atoms. The third kappa shape index (κ3) is 5.38. The lowest BCUT2D eigenvalue weighted by atomic mass is 9.73. The van der Waals surface area contributed by atoms with Gasteiger partial charge < -0.3 is 4.90 Å². The van der Waals surface area contributed by atoms with Crippen LogP contribution >= 0.6 is 0 Å². The predicted octanol–water partition coefficient (Wildman–Crippen LogP) is 14.3. The van der Waals surface area contributed by atoms with Crippen LogP contribution in [-0.4, -0.2) is 0 Å². The number of hydrogen-bond donors (Lipinski definition) is 0. The quantitative estimate of drug-likeness (QED) is 0.164. The van der Waals surface area contributed by atoms with Crippen LogP contribution in [0, 0.1) is 6.92 Å². The zero-order valence-electron chi connectivity index (χ0n) is 30.8. The highest BCUT2D eigenvalue weighted by molar-refractivity contribution is 6.10. The molecule has 0 heterocycles. The first-order valence-corrected chi connectivity index (χ1v) is 18.6. The molecule has 0 radical (unpaired) electrons. The van der Waals surface area contributed by atoms with Crippen molar-refractivity contribution < 1.29 is 0 Å². The summed E-state index contributed by atoms with van der Waals surface area (Å²) in [6.45, 7) is 13.9. The number of benzene rings is 7. The van der Waals surface area contributed by atoms with E-state index in [4.69, 9.17) is 0 Å². The van der Waals surface area contributed by atoms with Crippen molar-refractivity contribution in [2.75, 3.05) is 4.90 Å². The molecule has 0 saturated carbocycles. The summed E-state index contributed by atoms with van der Waals surface area (Å²) < 4.78 is 0. The van der Waals surface area contributed by atoms with Gasteiger partial charge in [0.2, 0.25) is 0 Å². The van der Waals surface area contributed by atoms with Crippen molar-refractivity contribution >= 4 is 27.8 Å². The molecule has 1 heteroatoms. The molecule has 1 aliphatic carbocycles. The summed E-state index contributed by atoms with van der Waals surface area (Å²) in [5, 5.41) is 2.55. The topological polar surface area (TPSA) is 3.24 Å². The summed E-state index contributed by atoms with van der Waals surface area (Å²) in [4.78, 5) is 2.56. The van der Waals surface area contributed by atoms with Gasteiger partial charge in [-0.25, -0.2) is 0 Å². The van der Waals surface area contributed by atoms with Crippen LogP contribution in [0.3, 0.4) is 0 Å². The molecule has 252 valence electrons. The molecule has 0 fully saturated rings. The van der Waals surface area contributed by atoms with E-state index in [9.17, 15) is 0 Å². The molecule has 1 aliphatic rings. The Balaban J connectivity index is 1.42. The maximum Gasteiger partial charge on any atom is 0.0621 e. The van der Waals surface area contributed by atoms with Gasteiger partial charge in [-0.15, -0.1) is 0 Å². The van der Waals surface area contributed by atoms with Gasteiger partial charge in [0.25, 0.3) is 0 Å². The molecule has 0 unspecified atom stereocenters. The van der Waals surface area contributed by atoms with Gasteiger partial charge in [0.1, 0.15) is 0 Å². The van der Waals surface area contributed by atoms with E-state index in [0.29, 0.717) is 0 Å². The lowest BCUT2D eigenvalue weighted by Gasteiger charge is -2.33. The summed E-state index contributed by atoms with van der Waals surface area (Å²) in [7, 11) is 0. The number of rotatable bonds is 7. The highest BCUT2D eigenvalue weighted by Gasteiger charge is 2.43. The van der Waals surface area contributed by atoms with Gasteiger partial charge in [0, 0.05) is 27.7 Å². The number of hydrogen-bond acceptors (Lipinski definition) is 1. The second kappa shape index (κ2) is 12.7. The van der Waals surface area contributed by atoms with Crippen molar-refractivity contribution in [2.45, 2.75) is 65.2 Å². The first kappa shape index (κ1) is 32.8. The van der Waals surface area contributed by atoms with E-state index < -0.39 is 0 Å². The SMILES string of the molecule is CCC1(CC)c2ccccc2-c2c1cc1ccccc1c2N(c1ccc(-c2ccccc2-c2ccccc2)cc1)c1ccc(C)c(C(C)(C)C)c1. The average Bonchev–Trinajstić information content (AvgIpc) is 3.44. The van der Waals surface area contributed by atoms with E-state index in [1.54, 1.807) is 0 Å². The summed E-state index contributed by atoms with van der Waals surface area (Å²) in [5.74, 6) is 0. The molecular weight excluding hydrogens is 615 g/mol. The molecule has 8 rings (SSSR count). The van der Waals surface area contributed by atoms with Crippen LogP contribution < -0.4 is 4.90 Å². The van der Waals surface area contributed by atoms with Crippen LogP contribution in [0.2, 0.25) is 0 Å². The first-order valence-electron chi connectivity index (χ1n) is 18.6. The van der Waals surface area contributed by atoms with Crippen molar-refractivity contribution in [2.24, 2.45) is 0 Å². The van der Waals surface area contributed by atoms with Crippen LogP contribution in [0.25, 0.3) is 44.2 Å². The Labute approximate surface area is 304 Å². The van der Waals surface area contributed by atoms with E-state index in [-0.39, 0.29) is 10.8 Å². The Hall–Kier alpha value is -5.40. The third-order valence-corrected chi connectivity index (χ3v) is 11.4. The Morgan fingerprint density at radius 1 is 0.529 bits per heavy atom. The van der Waals surface area contributed by atoms with Gasteiger partial charge in [-0.2, -0.15) is 0 Å². The van der Waals surface area contributed by atoms with Crippen LogP contribution in [0.5, 0.6) is 0 Å². The Bertz CT molecular complexity index is 2370. The van der Waals surface area contributed by atoms with E-state index in [0.717, 1.165) is 18.5 Å². The molecule has 7 aromatic carbocycles. The molecule has 0 amide bonds. The molecule has 51 heavy (non-hydrogen) atoms. The molecule has 0 saturated heterocycles. The van der Waals surface area contributed by atoms with E-state index in [2.05, 4.69) is 198 Å². The standard InChI is InChI=1S/C50H47N/c1-7-50(8-2)44-25-17-16-24-43(44)47-46(50)32-37-20-12-13-23-42(37)48(47)51(39-29-26-34(3)45(33-39)49(4,5)6)38-30-27-36(28-31-38)41-22-15-14-21-40(41)35-18-10-9-11-19-35/h9-33H,7-8H2,1-6H3. The second-order valence-electron chi connectivity index (χ2n) is 15.2. The minimum absolute atomic E-state index is 0.00362. The Kier molecular flexibility index (Phi) is 8.19. The molecule has 0 aliphatic heterocycles. The van der Waals surface area contributed by atoms with Crippen molar-refractivity contribution in [1.29, 1.82) is 0 Å². The van der Waals surface area contributed by atoms with Gasteiger partial charge in [-0.3, -0.25) is 0 Å². The highest BCUT2D eigenvalue weighted by Crippen LogP contribution is 2.59. The average molecular weight is 662 g/mol. The fourth-order valence-corrected chi connectivity index (χ4v) is 8.84. The predicted molar refractivity (Wildman–Crippen MR) is 220 cm³/mol. The van der Waals surface area contributed by atoms with Crippen molar-refractivity contribution in [3.63, 3.8) is 0 Å². The van der Waals surface area contributed by atoms with Crippen LogP contribution in [0.4, 0.5) is 17.1 Å². The lowest BCUT2D eigenvalue weighted by Crippen LogP contribution is -2.23. The van der Waals surface area contributed by atoms with Crippen molar-refractivity contribution in [3.05, 3.63) is 174 Å². The monoisotopic (exact) mass is 661 g/mol. The Morgan fingerprint density at radius 3 is 1.76 bits per heavy atom. The second-order valence-corrected chi connectivity index (χ2v) is 15.2. The molecular formula is C50H47N. The highest BCUT2D eigenvalue weighted by atomic mass is 15.1. The summed E-state index contributed by atoms with van der Waals surface area (Å²) in [6.07, 6.45) is 2.11. The fourth-order valence-electron chi connectivity index (χ4n) is 8.84. The molecule has 0 spiro atoms. The maximum absolute atomic E-state index is 2.56. The summed E-state index contributed by atoms with van der Waals surface area (Å²) in [6, 6.07) is 56.5. The summed E-state index contributed by atoms with van der Waals surface area (Å²) >= 11 is 0. The minimum atomic E-state index is -0.0365. The number of nitrogens with zero attached hydrogens (tertiary/aromatic N) is 1. The Morgan fingerprint density at radius 2 is 1.10 bits per heavy atom. The van der Waals surface area contributed by atoms with Gasteiger partial charge in [-0.05, 0) is 111 Å². The summed E-state index contributed by atoms with van der Waals surface area (Å²) in [5.41, 5.74) is 16.8. The minimum Gasteiger partial charge on any atom is -0.309 e. The first-order chi connectivity index (χ1) is 24.7. The smallest absolute Gasteiger partial charge is 0.0621 e. The van der Waals surface area contributed by atoms with E-state index in [1.807, 2.05) is 0 Å². The number of anilines is 3. The molecule has 0 N–H and O–H groups in total. The van der Waals surface area contributed by atoms with E-state index >= 15 is 0 Å². The van der Waals surface area contributed by atoms with Crippen LogP contribution in [-0.2, 0) is 10.8 Å². The number of fused-ring (bicyclic) bond motifs is 4. The van der Waals surface area contributed by atoms with Gasteiger partial charge >= 0.3 is 0 Å². The van der Waals surface area contributed by atoms with Crippen molar-refractivity contribution in [3.8, 4) is 33.4 Å². The van der Waals surface area contributed by atoms with E-state index in [1.165, 1.54) is 77.8 Å². The van der Waals surface area contributed by atoms with Crippen LogP contribution in [0.15, 0.2) is 152 Å². The third-order valence-electron chi connectivity index (χ3n) is 11.4. The number of aryl methyl sites for hydroxylation is 1. The molecule has 0 aromatic heterocycles. The van der Waals surface area contributed by atoms with Crippen molar-refractivity contribution in [1.82, 2.24) is 0 Å². The fraction of sp³-hybridized carbons (Fsp3) is 0.200. The molecule has 1 nitrogen and oxygen atoms in total. The zero-order valence-corrected chi connectivity index (χ0v) is 30.8. The normalized spacial score (nSPS) is 13.2. The van der Waals surface area contributed by atoms with Crippen LogP contribution in [0.1, 0.15) is 69.7 Å². The van der Waals surface area contributed by atoms with Gasteiger partial charge in [0.05, 0.1) is 5.69 Å². The molecule has 7 aromatic rings. The lowest BCUT2D eigenvalue weighted by molar-refractivity contribution is 0.491.